The lowest BCUT2D eigenvalue weighted by atomic mass is 10.2. The number of hydrazone groups is 1. The summed E-state index contributed by atoms with van der Waals surface area (Å²) < 4.78 is 12.4. The summed E-state index contributed by atoms with van der Waals surface area (Å²) in [7, 11) is 1.60. The molecule has 3 aromatic rings. The van der Waals surface area contributed by atoms with Crippen molar-refractivity contribution in [1.29, 1.82) is 0 Å². The second kappa shape index (κ2) is 9.96. The Balaban J connectivity index is 1.65. The Morgan fingerprint density at radius 3 is 2.31 bits per heavy atom. The lowest BCUT2D eigenvalue weighted by Crippen LogP contribution is -2.30. The van der Waals surface area contributed by atoms with Gasteiger partial charge in [0.2, 0.25) is 0 Å². The van der Waals surface area contributed by atoms with Crippen LogP contribution in [0.4, 0.5) is 0 Å². The number of aromatic nitrogens is 1. The zero-order chi connectivity index (χ0) is 23.1. The smallest absolute Gasteiger partial charge is 0.276 e. The topological polar surface area (TPSA) is 81.9 Å². The molecule has 0 saturated heterocycles. The predicted molar refractivity (Wildman–Crippen MR) is 125 cm³/mol. The molecule has 0 aliphatic carbocycles. The lowest BCUT2D eigenvalue weighted by molar-refractivity contribution is 0.0953. The number of nitrogens with zero attached hydrogens (tertiary/aromatic N) is 2. The largest absolute Gasteiger partial charge is 0.497 e. The molecule has 32 heavy (non-hydrogen) atoms. The van der Waals surface area contributed by atoms with Gasteiger partial charge in [0.1, 0.15) is 22.7 Å². The molecule has 0 bridgehead atoms. The standard InChI is InChI=1S/C25H27N3O4/c1-25(2,3)32-21-13-7-18(8-14-21)16-26-27-23(29)22-6-5-15-28(24(22)30)17-19-9-11-20(31-4)12-10-19/h5-16H,17H2,1-4H3,(H,27,29)/b26-16-. The van der Waals surface area contributed by atoms with E-state index < -0.39 is 5.91 Å². The van der Waals surface area contributed by atoms with Gasteiger partial charge in [-0.15, -0.1) is 0 Å². The van der Waals surface area contributed by atoms with Crippen molar-refractivity contribution in [3.8, 4) is 11.5 Å². The molecule has 1 heterocycles. The lowest BCUT2D eigenvalue weighted by Gasteiger charge is -2.21. The molecule has 7 heteroatoms. The van der Waals surface area contributed by atoms with Gasteiger partial charge >= 0.3 is 0 Å². The molecule has 1 N–H and O–H groups in total. The Hall–Kier alpha value is -3.87. The van der Waals surface area contributed by atoms with E-state index in [1.807, 2.05) is 69.3 Å². The number of amides is 1. The van der Waals surface area contributed by atoms with Crippen LogP contribution in [0, 0.1) is 0 Å². The van der Waals surface area contributed by atoms with Gasteiger partial charge in [-0.3, -0.25) is 9.59 Å². The highest BCUT2D eigenvalue weighted by Crippen LogP contribution is 2.18. The van der Waals surface area contributed by atoms with E-state index in [4.69, 9.17) is 9.47 Å². The van der Waals surface area contributed by atoms with Crippen LogP contribution in [0.3, 0.4) is 0 Å². The molecule has 166 valence electrons. The average molecular weight is 434 g/mol. The number of hydrogen-bond donors (Lipinski definition) is 1. The quantitative estimate of drug-likeness (QED) is 0.453. The number of rotatable bonds is 7. The van der Waals surface area contributed by atoms with Crippen LogP contribution in [0.2, 0.25) is 0 Å². The Morgan fingerprint density at radius 2 is 1.69 bits per heavy atom. The van der Waals surface area contributed by atoms with Crippen LogP contribution in [0.5, 0.6) is 11.5 Å². The van der Waals surface area contributed by atoms with Gasteiger partial charge in [-0.1, -0.05) is 12.1 Å². The van der Waals surface area contributed by atoms with Gasteiger partial charge < -0.3 is 14.0 Å². The summed E-state index contributed by atoms with van der Waals surface area (Å²) in [5.74, 6) is 0.923. The summed E-state index contributed by atoms with van der Waals surface area (Å²) in [6, 6.07) is 17.9. The normalized spacial score (nSPS) is 11.4. The molecule has 0 saturated carbocycles. The fourth-order valence-electron chi connectivity index (χ4n) is 2.96. The predicted octanol–water partition coefficient (Wildman–Crippen LogP) is 3.85. The fourth-order valence-corrected chi connectivity index (χ4v) is 2.96. The SMILES string of the molecule is COc1ccc(Cn2cccc(C(=O)N/N=C\c3ccc(OC(C)(C)C)cc3)c2=O)cc1. The number of pyridine rings is 1. The summed E-state index contributed by atoms with van der Waals surface area (Å²) in [5, 5.41) is 3.97. The van der Waals surface area contributed by atoms with Crippen molar-refractivity contribution in [1.82, 2.24) is 9.99 Å². The molecular formula is C25H27N3O4. The molecule has 7 nitrogen and oxygen atoms in total. The maximum Gasteiger partial charge on any atom is 0.276 e. The number of ether oxygens (including phenoxy) is 2. The highest BCUT2D eigenvalue weighted by atomic mass is 16.5. The Labute approximate surface area is 187 Å². The molecule has 2 aromatic carbocycles. The molecule has 1 aromatic heterocycles. The Kier molecular flexibility index (Phi) is 7.10. The molecule has 0 unspecified atom stereocenters. The first-order chi connectivity index (χ1) is 15.2. The van der Waals surface area contributed by atoms with Crippen LogP contribution < -0.4 is 20.5 Å². The third kappa shape index (κ3) is 6.31. The fraction of sp³-hybridized carbons (Fsp3) is 0.240. The van der Waals surface area contributed by atoms with Gasteiger partial charge in [-0.25, -0.2) is 5.43 Å². The van der Waals surface area contributed by atoms with Crippen molar-refractivity contribution in [3.05, 3.63) is 93.9 Å². The number of methoxy groups -OCH3 is 1. The van der Waals surface area contributed by atoms with Gasteiger partial charge in [-0.2, -0.15) is 5.10 Å². The zero-order valence-electron chi connectivity index (χ0n) is 18.7. The van der Waals surface area contributed by atoms with E-state index in [0.29, 0.717) is 6.54 Å². The minimum atomic E-state index is -0.567. The van der Waals surface area contributed by atoms with Crippen LogP contribution in [-0.2, 0) is 6.54 Å². The number of nitrogens with one attached hydrogen (secondary N) is 1. The second-order valence-corrected chi connectivity index (χ2v) is 8.19. The van der Waals surface area contributed by atoms with E-state index in [1.165, 1.54) is 16.8 Å². The van der Waals surface area contributed by atoms with Gasteiger partial charge in [0.15, 0.2) is 0 Å². The molecule has 0 fully saturated rings. The third-order valence-electron chi connectivity index (χ3n) is 4.46. The summed E-state index contributed by atoms with van der Waals surface area (Å²) >= 11 is 0. The minimum absolute atomic E-state index is 0.0205. The maximum atomic E-state index is 12.7. The molecule has 0 radical (unpaired) electrons. The number of hydrogen-bond acceptors (Lipinski definition) is 5. The van der Waals surface area contributed by atoms with Crippen molar-refractivity contribution in [2.45, 2.75) is 32.9 Å². The van der Waals surface area contributed by atoms with Gasteiger partial charge in [-0.05, 0) is 80.4 Å². The summed E-state index contributed by atoms with van der Waals surface area (Å²) in [6.45, 7) is 6.28. The molecular weight excluding hydrogens is 406 g/mol. The van der Waals surface area contributed by atoms with Gasteiger partial charge in [0.25, 0.3) is 11.5 Å². The van der Waals surface area contributed by atoms with Crippen LogP contribution in [0.25, 0.3) is 0 Å². The van der Waals surface area contributed by atoms with E-state index in [1.54, 1.807) is 19.4 Å². The van der Waals surface area contributed by atoms with Crippen molar-refractivity contribution < 1.29 is 14.3 Å². The van der Waals surface area contributed by atoms with E-state index >= 15 is 0 Å². The zero-order valence-corrected chi connectivity index (χ0v) is 18.7. The van der Waals surface area contributed by atoms with Crippen LogP contribution in [0.1, 0.15) is 42.3 Å². The van der Waals surface area contributed by atoms with Crippen LogP contribution >= 0.6 is 0 Å². The maximum absolute atomic E-state index is 12.7. The van der Waals surface area contributed by atoms with Crippen molar-refractivity contribution >= 4 is 12.1 Å². The molecule has 1 amide bonds. The minimum Gasteiger partial charge on any atom is -0.497 e. The summed E-state index contributed by atoms with van der Waals surface area (Å²) in [6.07, 6.45) is 3.16. The molecule has 0 aliphatic rings. The van der Waals surface area contributed by atoms with Gasteiger partial charge in [0.05, 0.1) is 19.9 Å². The number of carbonyl (C=O) groups excluding carboxylic acids is 1. The summed E-state index contributed by atoms with van der Waals surface area (Å²) in [5.41, 5.74) is 3.48. The average Bonchev–Trinajstić information content (AvgIpc) is 2.76. The number of carbonyl (C=O) groups is 1. The Bertz CT molecular complexity index is 1140. The molecule has 0 spiro atoms. The van der Waals surface area contributed by atoms with E-state index in [-0.39, 0.29) is 16.7 Å². The molecule has 3 rings (SSSR count). The van der Waals surface area contributed by atoms with E-state index in [9.17, 15) is 9.59 Å². The first kappa shape index (κ1) is 22.8. The van der Waals surface area contributed by atoms with E-state index in [0.717, 1.165) is 22.6 Å². The summed E-state index contributed by atoms with van der Waals surface area (Å²) in [4.78, 5) is 25.2. The van der Waals surface area contributed by atoms with Crippen molar-refractivity contribution in [2.24, 2.45) is 5.10 Å². The highest BCUT2D eigenvalue weighted by Gasteiger charge is 2.12. The highest BCUT2D eigenvalue weighted by molar-refractivity contribution is 5.94. The third-order valence-corrected chi connectivity index (χ3v) is 4.46. The monoisotopic (exact) mass is 433 g/mol. The van der Waals surface area contributed by atoms with Gasteiger partial charge in [0, 0.05) is 6.20 Å². The number of benzene rings is 2. The molecule has 0 atom stereocenters. The molecule has 0 aliphatic heterocycles. The second-order valence-electron chi connectivity index (χ2n) is 8.19. The van der Waals surface area contributed by atoms with Crippen molar-refractivity contribution in [2.75, 3.05) is 7.11 Å². The van der Waals surface area contributed by atoms with Crippen LogP contribution in [-0.4, -0.2) is 29.4 Å². The van der Waals surface area contributed by atoms with E-state index in [2.05, 4.69) is 10.5 Å². The van der Waals surface area contributed by atoms with Crippen molar-refractivity contribution in [3.63, 3.8) is 0 Å². The van der Waals surface area contributed by atoms with Crippen LogP contribution in [0.15, 0.2) is 76.8 Å². The first-order valence-electron chi connectivity index (χ1n) is 10.2. The Morgan fingerprint density at radius 1 is 1.03 bits per heavy atom. The first-order valence-corrected chi connectivity index (χ1v) is 10.2.